The lowest BCUT2D eigenvalue weighted by atomic mass is 9.92. The van der Waals surface area contributed by atoms with Crippen molar-refractivity contribution < 1.29 is 13.6 Å². The van der Waals surface area contributed by atoms with Crippen LogP contribution in [-0.2, 0) is 4.79 Å². The molecule has 3 unspecified atom stereocenters. The topological polar surface area (TPSA) is 95.3 Å². The summed E-state index contributed by atoms with van der Waals surface area (Å²) in [4.78, 5) is 17.4. The van der Waals surface area contributed by atoms with Gasteiger partial charge in [-0.3, -0.25) is 20.5 Å². The Bertz CT molecular complexity index is 957. The number of halogens is 2. The highest BCUT2D eigenvalue weighted by Crippen LogP contribution is 2.39. The van der Waals surface area contributed by atoms with Crippen LogP contribution in [0.4, 0.5) is 8.78 Å². The van der Waals surface area contributed by atoms with Gasteiger partial charge in [0.15, 0.2) is 0 Å². The second-order valence-corrected chi connectivity index (χ2v) is 11.3. The smallest absolute Gasteiger partial charge is 0.262 e. The van der Waals surface area contributed by atoms with Gasteiger partial charge in [-0.1, -0.05) is 44.2 Å². The number of alkyl halides is 2. The maximum Gasteiger partial charge on any atom is 0.262 e. The molecule has 1 aromatic rings. The third-order valence-electron chi connectivity index (χ3n) is 8.40. The van der Waals surface area contributed by atoms with Crippen LogP contribution >= 0.6 is 0 Å². The molecule has 3 saturated heterocycles. The average Bonchev–Trinajstić information content (AvgIpc) is 3.08. The minimum Gasteiger partial charge on any atom is -0.349 e. The molecular formula is C28H42F2N6O. The summed E-state index contributed by atoms with van der Waals surface area (Å²) in [6, 6.07) is 10.2. The molecule has 3 heterocycles. The predicted molar refractivity (Wildman–Crippen MR) is 142 cm³/mol. The van der Waals surface area contributed by atoms with E-state index in [0.29, 0.717) is 30.2 Å². The third kappa shape index (κ3) is 6.20. The van der Waals surface area contributed by atoms with Crippen molar-refractivity contribution in [2.24, 2.45) is 11.8 Å². The van der Waals surface area contributed by atoms with Gasteiger partial charge in [0.2, 0.25) is 5.91 Å². The summed E-state index contributed by atoms with van der Waals surface area (Å²) in [5, 5.41) is 22.8. The molecule has 204 valence electrons. The molecule has 3 aliphatic rings. The summed E-state index contributed by atoms with van der Waals surface area (Å²) in [7, 11) is 0. The van der Waals surface area contributed by atoms with Crippen LogP contribution in [0.15, 0.2) is 30.3 Å². The summed E-state index contributed by atoms with van der Waals surface area (Å²) >= 11 is 0. The minimum absolute atomic E-state index is 0.00762. The van der Waals surface area contributed by atoms with Crippen molar-refractivity contribution in [1.82, 2.24) is 20.4 Å². The van der Waals surface area contributed by atoms with Crippen LogP contribution in [0, 0.1) is 22.7 Å². The Morgan fingerprint density at radius 1 is 1.19 bits per heavy atom. The molecule has 4 rings (SSSR count). The molecule has 7 nitrogen and oxygen atoms in total. The Kier molecular flexibility index (Phi) is 8.63. The van der Waals surface area contributed by atoms with Gasteiger partial charge in [-0.15, -0.1) is 0 Å². The fourth-order valence-electron chi connectivity index (χ4n) is 6.42. The second-order valence-electron chi connectivity index (χ2n) is 11.3. The zero-order chi connectivity index (χ0) is 26.7. The van der Waals surface area contributed by atoms with Gasteiger partial charge in [-0.25, -0.2) is 8.78 Å². The maximum absolute atomic E-state index is 14.5. The first-order valence-corrected chi connectivity index (χ1v) is 13.7. The highest BCUT2D eigenvalue weighted by molar-refractivity contribution is 5.98. The molecule has 5 atom stereocenters. The van der Waals surface area contributed by atoms with Crippen LogP contribution in [0.1, 0.15) is 70.9 Å². The number of hydrogen-bond donors (Lipinski definition) is 4. The summed E-state index contributed by atoms with van der Waals surface area (Å²) in [6.45, 7) is 6.75. The summed E-state index contributed by atoms with van der Waals surface area (Å²) in [5.74, 6) is -3.94. The van der Waals surface area contributed by atoms with E-state index in [1.54, 1.807) is 6.92 Å². The van der Waals surface area contributed by atoms with Crippen molar-refractivity contribution in [3.8, 4) is 0 Å². The van der Waals surface area contributed by atoms with Gasteiger partial charge < -0.3 is 15.5 Å². The van der Waals surface area contributed by atoms with Gasteiger partial charge in [0.1, 0.15) is 11.8 Å². The van der Waals surface area contributed by atoms with Gasteiger partial charge in [-0.05, 0) is 44.6 Å². The lowest BCUT2D eigenvalue weighted by molar-refractivity contribution is -0.144. The monoisotopic (exact) mass is 516 g/mol. The number of fused-ring (bicyclic) bond motifs is 2. The molecular weight excluding hydrogens is 474 g/mol. The quantitative estimate of drug-likeness (QED) is 0.304. The first kappa shape index (κ1) is 27.6. The van der Waals surface area contributed by atoms with Crippen LogP contribution in [-0.4, -0.2) is 71.1 Å². The zero-order valence-corrected chi connectivity index (χ0v) is 22.3. The number of carbonyl (C=O) groups is 1. The standard InChI is InChI=1S/C28H42F2N6O/c1-18(2)26(32)36(19(3)31)23-15-21-9-10-22(16-23)35(21)14-11-25(20-7-5-4-6-8-20)34-27(37)24-17-33-13-12-28(24,29)30/h4-8,18,21-25,31-33H,9-17H2,1-3H3,(H,34,37)/t21-,22?,23?,24?,25-/m0/s1. The van der Waals surface area contributed by atoms with Gasteiger partial charge in [0.25, 0.3) is 5.92 Å². The van der Waals surface area contributed by atoms with Crippen LogP contribution in [0.2, 0.25) is 0 Å². The Balaban J connectivity index is 1.43. The number of hydrogen-bond acceptors (Lipinski definition) is 5. The molecule has 9 heteroatoms. The van der Waals surface area contributed by atoms with Crippen molar-refractivity contribution >= 4 is 17.6 Å². The molecule has 0 aromatic heterocycles. The average molecular weight is 517 g/mol. The van der Waals surface area contributed by atoms with E-state index in [0.717, 1.165) is 37.8 Å². The third-order valence-corrected chi connectivity index (χ3v) is 8.40. The molecule has 1 aromatic carbocycles. The van der Waals surface area contributed by atoms with Gasteiger partial charge in [0, 0.05) is 50.1 Å². The molecule has 1 amide bonds. The van der Waals surface area contributed by atoms with E-state index in [-0.39, 0.29) is 37.5 Å². The van der Waals surface area contributed by atoms with Crippen molar-refractivity contribution in [2.45, 2.75) is 89.4 Å². The summed E-state index contributed by atoms with van der Waals surface area (Å²) in [6.07, 6.45) is 4.31. The molecule has 37 heavy (non-hydrogen) atoms. The number of amidine groups is 2. The van der Waals surface area contributed by atoms with Crippen molar-refractivity contribution in [2.75, 3.05) is 19.6 Å². The normalized spacial score (nSPS) is 28.1. The Morgan fingerprint density at radius 2 is 1.84 bits per heavy atom. The molecule has 3 aliphatic heterocycles. The second kappa shape index (κ2) is 11.6. The zero-order valence-electron chi connectivity index (χ0n) is 22.3. The van der Waals surface area contributed by atoms with E-state index >= 15 is 0 Å². The van der Waals surface area contributed by atoms with E-state index < -0.39 is 17.7 Å². The maximum atomic E-state index is 14.5. The van der Waals surface area contributed by atoms with E-state index in [1.807, 2.05) is 49.1 Å². The highest BCUT2D eigenvalue weighted by Gasteiger charge is 2.47. The van der Waals surface area contributed by atoms with E-state index in [4.69, 9.17) is 10.8 Å². The molecule has 0 radical (unpaired) electrons. The Hall–Kier alpha value is -2.39. The Morgan fingerprint density at radius 3 is 2.41 bits per heavy atom. The lowest BCUT2D eigenvalue weighted by Gasteiger charge is -2.44. The van der Waals surface area contributed by atoms with Crippen LogP contribution in [0.3, 0.4) is 0 Å². The fraction of sp³-hybridized carbons (Fsp3) is 0.679. The number of piperidine rings is 2. The number of benzene rings is 1. The number of carbonyl (C=O) groups excluding carboxylic acids is 1. The van der Waals surface area contributed by atoms with Crippen molar-refractivity contribution in [1.29, 1.82) is 10.8 Å². The van der Waals surface area contributed by atoms with Gasteiger partial charge >= 0.3 is 0 Å². The van der Waals surface area contributed by atoms with Crippen LogP contribution < -0.4 is 10.6 Å². The number of rotatable bonds is 8. The summed E-state index contributed by atoms with van der Waals surface area (Å²) in [5.41, 5.74) is 0.932. The van der Waals surface area contributed by atoms with E-state index in [9.17, 15) is 13.6 Å². The number of amides is 1. The molecule has 0 aliphatic carbocycles. The number of nitrogens with one attached hydrogen (secondary N) is 4. The van der Waals surface area contributed by atoms with Gasteiger partial charge in [0.05, 0.1) is 11.9 Å². The van der Waals surface area contributed by atoms with Crippen LogP contribution in [0.5, 0.6) is 0 Å². The molecule has 4 N–H and O–H groups in total. The van der Waals surface area contributed by atoms with Crippen molar-refractivity contribution in [3.05, 3.63) is 35.9 Å². The minimum atomic E-state index is -3.00. The van der Waals surface area contributed by atoms with Crippen molar-refractivity contribution in [3.63, 3.8) is 0 Å². The number of nitrogens with zero attached hydrogens (tertiary/aromatic N) is 2. The molecule has 2 bridgehead atoms. The first-order chi connectivity index (χ1) is 17.6. The Labute approximate surface area is 219 Å². The van der Waals surface area contributed by atoms with E-state index in [1.165, 1.54) is 0 Å². The highest BCUT2D eigenvalue weighted by atomic mass is 19.3. The molecule has 0 spiro atoms. The lowest BCUT2D eigenvalue weighted by Crippen LogP contribution is -2.54. The molecule has 3 fully saturated rings. The van der Waals surface area contributed by atoms with Gasteiger partial charge in [-0.2, -0.15) is 0 Å². The van der Waals surface area contributed by atoms with E-state index in [2.05, 4.69) is 15.5 Å². The largest absolute Gasteiger partial charge is 0.349 e. The first-order valence-electron chi connectivity index (χ1n) is 13.7. The predicted octanol–water partition coefficient (Wildman–Crippen LogP) is 4.41. The van der Waals surface area contributed by atoms with Crippen LogP contribution in [0.25, 0.3) is 0 Å². The molecule has 0 saturated carbocycles. The SMILES string of the molecule is CC(=N)N(C(=N)C(C)C)C1CC2CC[C@@H](C1)N2CC[C@H](NC(=O)C1CNCCC1(F)F)c1ccccc1. The summed E-state index contributed by atoms with van der Waals surface area (Å²) < 4.78 is 29.0. The fourth-order valence-corrected chi connectivity index (χ4v) is 6.42.